The number of furan rings is 1. The van der Waals surface area contributed by atoms with Crippen molar-refractivity contribution in [1.29, 1.82) is 0 Å². The van der Waals surface area contributed by atoms with E-state index in [1.54, 1.807) is 0 Å². The molecule has 2 heterocycles. The minimum atomic E-state index is -0.969. The highest BCUT2D eigenvalue weighted by Gasteiger charge is 2.39. The van der Waals surface area contributed by atoms with Crippen LogP contribution in [0, 0.1) is 0 Å². The molecule has 0 spiro atoms. The molecule has 0 saturated heterocycles. The second-order valence-electron chi connectivity index (χ2n) is 6.37. The molecule has 0 bridgehead atoms. The predicted molar refractivity (Wildman–Crippen MR) is 119 cm³/mol. The van der Waals surface area contributed by atoms with Crippen LogP contribution in [-0.4, -0.2) is 31.4 Å². The third-order valence-electron chi connectivity index (χ3n) is 4.28. The molecule has 1 N–H and O–H groups in total. The van der Waals surface area contributed by atoms with Crippen molar-refractivity contribution in [2.24, 2.45) is 0 Å². The molecule has 0 saturated carbocycles. The summed E-state index contributed by atoms with van der Waals surface area (Å²) in [4.78, 5) is 0. The van der Waals surface area contributed by atoms with Gasteiger partial charge in [0.2, 0.25) is 0 Å². The largest absolute Gasteiger partial charge is 0.456 e. The van der Waals surface area contributed by atoms with Gasteiger partial charge in [-0.3, -0.25) is 0 Å². The topological polar surface area (TPSA) is 61.1 Å². The molecule has 5 nitrogen and oxygen atoms in total. The minimum Gasteiger partial charge on any atom is -0.456 e. The first-order chi connectivity index (χ1) is 13.7. The lowest BCUT2D eigenvalue weighted by molar-refractivity contribution is -0.347. The molecule has 0 amide bonds. The molecule has 1 aliphatic rings. The summed E-state index contributed by atoms with van der Waals surface area (Å²) in [6.45, 7) is 9.25. The number of hydrogen-bond donors (Lipinski definition) is 1. The second-order valence-corrected chi connectivity index (χ2v) is 6.37. The van der Waals surface area contributed by atoms with Gasteiger partial charge in [0.25, 0.3) is 0 Å². The number of rotatable bonds is 4. The highest BCUT2D eigenvalue weighted by Crippen LogP contribution is 2.42. The third kappa shape index (κ3) is 5.30. The van der Waals surface area contributed by atoms with Crippen molar-refractivity contribution in [3.8, 4) is 5.75 Å². The van der Waals surface area contributed by atoms with Gasteiger partial charge < -0.3 is 23.7 Å². The maximum Gasteiger partial charge on any atom is 0.327 e. The zero-order chi connectivity index (χ0) is 20.6. The van der Waals surface area contributed by atoms with Crippen molar-refractivity contribution in [2.75, 3.05) is 20.3 Å². The quantitative estimate of drug-likeness (QED) is 0.517. The Morgan fingerprint density at radius 2 is 1.55 bits per heavy atom. The number of ether oxygens (including phenoxy) is 3. The van der Waals surface area contributed by atoms with Gasteiger partial charge in [-0.15, -0.1) is 0 Å². The van der Waals surface area contributed by atoms with Gasteiger partial charge in [0.15, 0.2) is 0 Å². The lowest BCUT2D eigenvalue weighted by Crippen LogP contribution is -2.45. The summed E-state index contributed by atoms with van der Waals surface area (Å²) in [7, 11) is 1.00. The molecular weight excluding hydrogens is 368 g/mol. The first kappa shape index (κ1) is 25.0. The van der Waals surface area contributed by atoms with Crippen molar-refractivity contribution in [3.05, 3.63) is 42.0 Å². The van der Waals surface area contributed by atoms with Crippen LogP contribution in [-0.2, 0) is 15.9 Å². The average molecular weight is 405 g/mol. The lowest BCUT2D eigenvalue weighted by Gasteiger charge is -2.37. The van der Waals surface area contributed by atoms with Gasteiger partial charge in [-0.2, -0.15) is 0 Å². The Morgan fingerprint density at radius 3 is 2.17 bits per heavy atom. The van der Waals surface area contributed by atoms with Gasteiger partial charge in [0, 0.05) is 29.9 Å². The fourth-order valence-corrected chi connectivity index (χ4v) is 3.39. The molecule has 4 rings (SSSR count). The van der Waals surface area contributed by atoms with Gasteiger partial charge in [-0.05, 0) is 38.5 Å². The van der Waals surface area contributed by atoms with E-state index < -0.39 is 5.97 Å². The molecule has 0 radical (unpaired) electrons. The van der Waals surface area contributed by atoms with Crippen LogP contribution in [0.2, 0.25) is 0 Å². The van der Waals surface area contributed by atoms with E-state index in [1.165, 1.54) is 12.0 Å². The Labute approximate surface area is 174 Å². The van der Waals surface area contributed by atoms with Crippen LogP contribution in [0.3, 0.4) is 0 Å². The Hall–Kier alpha value is -2.08. The number of fused-ring (bicyclic) bond motifs is 5. The predicted octanol–water partition coefficient (Wildman–Crippen LogP) is 6.30. The molecule has 1 aromatic heterocycles. The third-order valence-corrected chi connectivity index (χ3v) is 4.28. The normalized spacial score (nSPS) is 13.9. The van der Waals surface area contributed by atoms with Gasteiger partial charge in [0.1, 0.15) is 16.9 Å². The van der Waals surface area contributed by atoms with Crippen LogP contribution in [0.4, 0.5) is 0 Å². The van der Waals surface area contributed by atoms with Crippen LogP contribution in [0.15, 0.2) is 40.8 Å². The van der Waals surface area contributed by atoms with E-state index in [-0.39, 0.29) is 7.43 Å². The molecule has 0 fully saturated rings. The van der Waals surface area contributed by atoms with E-state index in [4.69, 9.17) is 23.7 Å². The maximum absolute atomic E-state index is 7.00. The van der Waals surface area contributed by atoms with E-state index in [9.17, 15) is 0 Å². The molecule has 1 aliphatic heterocycles. The highest BCUT2D eigenvalue weighted by atomic mass is 16.9. The Kier molecular flexibility index (Phi) is 10.2. The fourth-order valence-electron chi connectivity index (χ4n) is 3.39. The number of benzene rings is 2. The highest BCUT2D eigenvalue weighted by molar-refractivity contribution is 6.07. The molecule has 0 aliphatic carbocycles. The minimum absolute atomic E-state index is 0. The summed E-state index contributed by atoms with van der Waals surface area (Å²) >= 11 is 0. The van der Waals surface area contributed by atoms with Gasteiger partial charge in [-0.1, -0.05) is 45.9 Å². The monoisotopic (exact) mass is 404 g/mol. The standard InChI is InChI=1S/C19H20O4.C3H8.CH4O.CH4/c1-3-20-19(21-4-2)12-11-14-16(23-19)9-10-17-18(14)13-7-5-6-8-15(13)22-17;1-3-2;1-2;/h5-10H,3-4,11-12H2,1-2H3;3H2,1-2H3;2H,1H3;1H4. The van der Waals surface area contributed by atoms with Crippen molar-refractivity contribution in [3.63, 3.8) is 0 Å². The van der Waals surface area contributed by atoms with E-state index in [2.05, 4.69) is 19.9 Å². The molecule has 29 heavy (non-hydrogen) atoms. The number of aliphatic hydroxyl groups is 1. The van der Waals surface area contributed by atoms with Crippen LogP contribution >= 0.6 is 0 Å². The first-order valence-corrected chi connectivity index (χ1v) is 10.0. The zero-order valence-electron chi connectivity index (χ0n) is 17.6. The number of para-hydroxylation sites is 1. The number of aliphatic hydroxyl groups excluding tert-OH is 1. The van der Waals surface area contributed by atoms with E-state index in [1.807, 2.05) is 44.2 Å². The van der Waals surface area contributed by atoms with Crippen LogP contribution in [0.25, 0.3) is 21.9 Å². The van der Waals surface area contributed by atoms with Gasteiger partial charge >= 0.3 is 5.97 Å². The average Bonchev–Trinajstić information content (AvgIpc) is 3.09. The Balaban J connectivity index is 0.000000645. The van der Waals surface area contributed by atoms with Crippen LogP contribution < -0.4 is 4.74 Å². The molecule has 3 aromatic rings. The number of aryl methyl sites for hydroxylation is 1. The molecule has 5 heteroatoms. The zero-order valence-corrected chi connectivity index (χ0v) is 17.6. The molecule has 162 valence electrons. The van der Waals surface area contributed by atoms with Crippen LogP contribution in [0.5, 0.6) is 5.75 Å². The summed E-state index contributed by atoms with van der Waals surface area (Å²) in [5, 5.41) is 9.27. The molecule has 0 unspecified atom stereocenters. The molecule has 2 aromatic carbocycles. The molecular formula is C24H36O5. The van der Waals surface area contributed by atoms with Crippen molar-refractivity contribution in [1.82, 2.24) is 0 Å². The SMILES string of the molecule is C.CCC.CCOC1(OCC)CCc2c(ccc3oc4ccccc4c23)O1.CO. The van der Waals surface area contributed by atoms with E-state index >= 15 is 0 Å². The van der Waals surface area contributed by atoms with Gasteiger partial charge in [-0.25, -0.2) is 0 Å². The fraction of sp³-hybridized carbons (Fsp3) is 0.500. The lowest BCUT2D eigenvalue weighted by atomic mass is 9.98. The first-order valence-electron chi connectivity index (χ1n) is 10.0. The van der Waals surface area contributed by atoms with E-state index in [0.29, 0.717) is 19.6 Å². The summed E-state index contributed by atoms with van der Waals surface area (Å²) in [6, 6.07) is 12.0. The maximum atomic E-state index is 7.00. The Bertz CT molecular complexity index is 862. The summed E-state index contributed by atoms with van der Waals surface area (Å²) in [5.41, 5.74) is 2.97. The second kappa shape index (κ2) is 11.8. The summed E-state index contributed by atoms with van der Waals surface area (Å²) in [5.74, 6) is -0.152. The van der Waals surface area contributed by atoms with E-state index in [0.717, 1.165) is 41.2 Å². The Morgan fingerprint density at radius 1 is 0.931 bits per heavy atom. The van der Waals surface area contributed by atoms with Crippen molar-refractivity contribution >= 4 is 21.9 Å². The molecule has 0 atom stereocenters. The van der Waals surface area contributed by atoms with Crippen LogP contribution in [0.1, 0.15) is 53.5 Å². The van der Waals surface area contributed by atoms with Gasteiger partial charge in [0.05, 0.1) is 13.2 Å². The summed E-state index contributed by atoms with van der Waals surface area (Å²) in [6.07, 6.45) is 2.75. The smallest absolute Gasteiger partial charge is 0.327 e. The van der Waals surface area contributed by atoms with Crippen molar-refractivity contribution in [2.45, 2.75) is 60.4 Å². The van der Waals surface area contributed by atoms with Crippen molar-refractivity contribution < 1.29 is 23.7 Å². The number of hydrogen-bond acceptors (Lipinski definition) is 5. The summed E-state index contributed by atoms with van der Waals surface area (Å²) < 4.78 is 23.6.